The summed E-state index contributed by atoms with van der Waals surface area (Å²) in [5, 5.41) is 4.89. The standard InChI is InChI=1S/C17H11ClF2N4O2S/c1-3-26-17(25)13-7(2)12-15-22-14(23-24(15)6-21-16(12)27-13)8-4-10(19)11(20)5-9(8)18/h4-6H,3H2,1-2H3. The number of halogens is 3. The van der Waals surface area contributed by atoms with Gasteiger partial charge in [0.2, 0.25) is 0 Å². The third-order valence-electron chi connectivity index (χ3n) is 3.98. The topological polar surface area (TPSA) is 69.4 Å². The minimum atomic E-state index is -1.05. The summed E-state index contributed by atoms with van der Waals surface area (Å²) in [6.45, 7) is 3.76. The van der Waals surface area contributed by atoms with Crippen LogP contribution in [0.1, 0.15) is 22.2 Å². The Morgan fingerprint density at radius 1 is 1.33 bits per heavy atom. The van der Waals surface area contributed by atoms with E-state index in [2.05, 4.69) is 15.1 Å². The van der Waals surface area contributed by atoms with Gasteiger partial charge >= 0.3 is 5.97 Å². The lowest BCUT2D eigenvalue weighted by molar-refractivity contribution is 0.0531. The predicted octanol–water partition coefficient (Wildman–Crippen LogP) is 4.42. The second-order valence-electron chi connectivity index (χ2n) is 5.65. The van der Waals surface area contributed by atoms with Crippen LogP contribution < -0.4 is 0 Å². The Hall–Kier alpha value is -2.65. The van der Waals surface area contributed by atoms with Gasteiger partial charge in [0.05, 0.1) is 17.0 Å². The summed E-state index contributed by atoms with van der Waals surface area (Å²) in [6.07, 6.45) is 1.44. The molecule has 0 bridgehead atoms. The molecule has 27 heavy (non-hydrogen) atoms. The zero-order valence-corrected chi connectivity index (χ0v) is 15.7. The van der Waals surface area contributed by atoms with Crippen LogP contribution in [0.2, 0.25) is 5.02 Å². The summed E-state index contributed by atoms with van der Waals surface area (Å²) < 4.78 is 33.4. The van der Waals surface area contributed by atoms with Gasteiger partial charge in [-0.2, -0.15) is 0 Å². The molecule has 0 radical (unpaired) electrons. The van der Waals surface area contributed by atoms with Gasteiger partial charge < -0.3 is 4.74 Å². The first-order chi connectivity index (χ1) is 12.9. The number of esters is 1. The molecule has 3 heterocycles. The van der Waals surface area contributed by atoms with Crippen LogP contribution in [0.25, 0.3) is 27.3 Å². The lowest BCUT2D eigenvalue weighted by Gasteiger charge is -2.00. The van der Waals surface area contributed by atoms with Crippen molar-refractivity contribution in [2.75, 3.05) is 6.61 Å². The second kappa shape index (κ2) is 6.50. The number of fused-ring (bicyclic) bond motifs is 3. The van der Waals surface area contributed by atoms with Crippen LogP contribution in [-0.4, -0.2) is 32.2 Å². The fourth-order valence-corrected chi connectivity index (χ4v) is 4.01. The highest BCUT2D eigenvalue weighted by Crippen LogP contribution is 2.34. The van der Waals surface area contributed by atoms with E-state index < -0.39 is 17.6 Å². The molecule has 0 saturated carbocycles. The lowest BCUT2D eigenvalue weighted by Crippen LogP contribution is -2.03. The maximum Gasteiger partial charge on any atom is 0.348 e. The van der Waals surface area contributed by atoms with Crippen LogP contribution >= 0.6 is 22.9 Å². The average Bonchev–Trinajstić information content (AvgIpc) is 3.19. The molecular formula is C17H11ClF2N4O2S. The van der Waals surface area contributed by atoms with E-state index in [0.717, 1.165) is 12.1 Å². The minimum absolute atomic E-state index is 0.0109. The number of ether oxygens (including phenoxy) is 1. The highest BCUT2D eigenvalue weighted by Gasteiger charge is 2.22. The van der Waals surface area contributed by atoms with E-state index in [4.69, 9.17) is 16.3 Å². The summed E-state index contributed by atoms with van der Waals surface area (Å²) in [7, 11) is 0. The van der Waals surface area contributed by atoms with Crippen molar-refractivity contribution < 1.29 is 18.3 Å². The first-order valence-electron chi connectivity index (χ1n) is 7.87. The maximum absolute atomic E-state index is 13.6. The van der Waals surface area contributed by atoms with Crippen molar-refractivity contribution in [1.29, 1.82) is 0 Å². The minimum Gasteiger partial charge on any atom is -0.462 e. The van der Waals surface area contributed by atoms with E-state index in [0.29, 0.717) is 26.3 Å². The number of aromatic nitrogens is 4. The summed E-state index contributed by atoms with van der Waals surface area (Å²) >= 11 is 7.22. The van der Waals surface area contributed by atoms with Crippen molar-refractivity contribution in [3.05, 3.63) is 45.6 Å². The van der Waals surface area contributed by atoms with E-state index in [9.17, 15) is 13.6 Å². The van der Waals surface area contributed by atoms with Gasteiger partial charge in [-0.3, -0.25) is 0 Å². The Morgan fingerprint density at radius 2 is 2.07 bits per heavy atom. The maximum atomic E-state index is 13.6. The number of benzene rings is 1. The molecule has 0 aliphatic rings. The third kappa shape index (κ3) is 2.83. The summed E-state index contributed by atoms with van der Waals surface area (Å²) in [4.78, 5) is 21.9. The first kappa shape index (κ1) is 17.7. The molecule has 1 aromatic carbocycles. The first-order valence-corrected chi connectivity index (χ1v) is 9.06. The van der Waals surface area contributed by atoms with E-state index in [-0.39, 0.29) is 23.0 Å². The molecule has 10 heteroatoms. The molecule has 6 nitrogen and oxygen atoms in total. The molecule has 0 atom stereocenters. The molecular weight excluding hydrogens is 398 g/mol. The normalized spacial score (nSPS) is 11.4. The lowest BCUT2D eigenvalue weighted by atomic mass is 10.2. The van der Waals surface area contributed by atoms with Gasteiger partial charge in [0.15, 0.2) is 23.1 Å². The van der Waals surface area contributed by atoms with Crippen LogP contribution in [0.15, 0.2) is 18.5 Å². The van der Waals surface area contributed by atoms with Gasteiger partial charge in [-0.15, -0.1) is 16.4 Å². The molecule has 0 aliphatic heterocycles. The number of carbonyl (C=O) groups is 1. The highest BCUT2D eigenvalue weighted by atomic mass is 35.5. The van der Waals surface area contributed by atoms with E-state index in [1.165, 1.54) is 22.2 Å². The van der Waals surface area contributed by atoms with Gasteiger partial charge in [0.25, 0.3) is 0 Å². The number of carbonyl (C=O) groups excluding carboxylic acids is 1. The Balaban J connectivity index is 1.94. The fraction of sp³-hybridized carbons (Fsp3) is 0.176. The number of rotatable bonds is 3. The molecule has 0 saturated heterocycles. The van der Waals surface area contributed by atoms with Crippen LogP contribution in [0.5, 0.6) is 0 Å². The monoisotopic (exact) mass is 408 g/mol. The number of nitrogens with zero attached hydrogens (tertiary/aromatic N) is 4. The molecule has 0 spiro atoms. The largest absolute Gasteiger partial charge is 0.462 e. The van der Waals surface area contributed by atoms with Gasteiger partial charge in [0, 0.05) is 5.56 Å². The summed E-state index contributed by atoms with van der Waals surface area (Å²) in [5.74, 6) is -2.41. The van der Waals surface area contributed by atoms with Gasteiger partial charge in [-0.05, 0) is 31.5 Å². The third-order valence-corrected chi connectivity index (χ3v) is 5.47. The van der Waals surface area contributed by atoms with Crippen LogP contribution in [-0.2, 0) is 4.74 Å². The molecule has 4 rings (SSSR count). The van der Waals surface area contributed by atoms with Crippen molar-refractivity contribution in [3.63, 3.8) is 0 Å². The Labute approximate surface area is 160 Å². The second-order valence-corrected chi connectivity index (χ2v) is 7.06. The average molecular weight is 409 g/mol. The smallest absolute Gasteiger partial charge is 0.348 e. The number of hydrogen-bond donors (Lipinski definition) is 0. The molecule has 0 N–H and O–H groups in total. The van der Waals surface area contributed by atoms with Crippen molar-refractivity contribution in [2.24, 2.45) is 0 Å². The molecule has 0 aliphatic carbocycles. The predicted molar refractivity (Wildman–Crippen MR) is 97.2 cm³/mol. The fourth-order valence-electron chi connectivity index (χ4n) is 2.73. The van der Waals surface area contributed by atoms with Crippen molar-refractivity contribution in [2.45, 2.75) is 13.8 Å². The molecule has 0 amide bonds. The van der Waals surface area contributed by atoms with Crippen LogP contribution in [0.4, 0.5) is 8.78 Å². The van der Waals surface area contributed by atoms with Crippen molar-refractivity contribution >= 4 is 44.8 Å². The van der Waals surface area contributed by atoms with Gasteiger partial charge in [0.1, 0.15) is 16.0 Å². The van der Waals surface area contributed by atoms with E-state index in [1.807, 2.05) is 0 Å². The van der Waals surface area contributed by atoms with Crippen molar-refractivity contribution in [1.82, 2.24) is 19.6 Å². The van der Waals surface area contributed by atoms with E-state index >= 15 is 0 Å². The number of hydrogen-bond acceptors (Lipinski definition) is 6. The Morgan fingerprint density at radius 3 is 2.81 bits per heavy atom. The summed E-state index contributed by atoms with van der Waals surface area (Å²) in [5.41, 5.74) is 1.26. The zero-order chi connectivity index (χ0) is 19.3. The van der Waals surface area contributed by atoms with Crippen LogP contribution in [0, 0.1) is 18.6 Å². The van der Waals surface area contributed by atoms with E-state index in [1.54, 1.807) is 13.8 Å². The Kier molecular flexibility index (Phi) is 4.27. The van der Waals surface area contributed by atoms with Gasteiger partial charge in [-0.25, -0.2) is 28.1 Å². The summed E-state index contributed by atoms with van der Waals surface area (Å²) in [6, 6.07) is 1.82. The molecule has 138 valence electrons. The quantitative estimate of drug-likeness (QED) is 0.370. The van der Waals surface area contributed by atoms with Crippen molar-refractivity contribution in [3.8, 4) is 11.4 Å². The molecule has 4 aromatic rings. The van der Waals surface area contributed by atoms with Crippen LogP contribution in [0.3, 0.4) is 0 Å². The molecule has 3 aromatic heterocycles. The molecule has 0 fully saturated rings. The zero-order valence-electron chi connectivity index (χ0n) is 14.1. The Bertz CT molecular complexity index is 1220. The molecule has 0 unspecified atom stereocenters. The highest BCUT2D eigenvalue weighted by molar-refractivity contribution is 7.20. The number of thiophene rings is 1. The number of aryl methyl sites for hydroxylation is 1. The SMILES string of the molecule is CCOC(=O)c1sc2ncn3nc(-c4cc(F)c(F)cc4Cl)nc3c2c1C. The van der Waals surface area contributed by atoms with Gasteiger partial charge in [-0.1, -0.05) is 11.6 Å².